The van der Waals surface area contributed by atoms with Crippen molar-refractivity contribution in [3.8, 4) is 11.5 Å². The van der Waals surface area contributed by atoms with Crippen LogP contribution >= 0.6 is 11.6 Å². The van der Waals surface area contributed by atoms with Crippen LogP contribution in [0, 0.1) is 0 Å². The Labute approximate surface area is 203 Å². The Bertz CT molecular complexity index is 1270. The molecule has 0 saturated carbocycles. The summed E-state index contributed by atoms with van der Waals surface area (Å²) in [4.78, 5) is 27.9. The lowest BCUT2D eigenvalue weighted by Gasteiger charge is -2.26. The summed E-state index contributed by atoms with van der Waals surface area (Å²) in [5.41, 5.74) is 1.44. The first kappa shape index (κ1) is 23.4. The molecule has 1 atom stereocenters. The molecule has 7 heteroatoms. The highest BCUT2D eigenvalue weighted by molar-refractivity contribution is 6.51. The number of hydrogen-bond acceptors (Lipinski definition) is 5. The van der Waals surface area contributed by atoms with Gasteiger partial charge in [-0.2, -0.15) is 0 Å². The third kappa shape index (κ3) is 4.50. The molecule has 0 bridgehead atoms. The Balaban J connectivity index is 1.90. The van der Waals surface area contributed by atoms with E-state index in [1.54, 1.807) is 72.8 Å². The maximum absolute atomic E-state index is 13.3. The molecule has 1 N–H and O–H groups in total. The minimum atomic E-state index is -0.862. The lowest BCUT2D eigenvalue weighted by Crippen LogP contribution is -2.29. The number of carbonyl (C=O) groups is 2. The largest absolute Gasteiger partial charge is 0.507 e. The van der Waals surface area contributed by atoms with E-state index in [1.165, 1.54) is 12.0 Å². The number of hydrogen-bond donors (Lipinski definition) is 1. The highest BCUT2D eigenvalue weighted by Crippen LogP contribution is 2.43. The van der Waals surface area contributed by atoms with E-state index in [4.69, 9.17) is 21.1 Å². The number of aliphatic hydroxyl groups is 1. The molecule has 3 aromatic rings. The molecule has 1 fully saturated rings. The molecule has 1 heterocycles. The van der Waals surface area contributed by atoms with Crippen molar-refractivity contribution in [2.24, 2.45) is 0 Å². The van der Waals surface area contributed by atoms with Gasteiger partial charge >= 0.3 is 0 Å². The summed E-state index contributed by atoms with van der Waals surface area (Å²) < 4.78 is 11.0. The third-order valence-corrected chi connectivity index (χ3v) is 5.68. The van der Waals surface area contributed by atoms with Gasteiger partial charge in [0.1, 0.15) is 17.3 Å². The number of methoxy groups -OCH3 is 1. The monoisotopic (exact) mass is 477 g/mol. The second-order valence-electron chi connectivity index (χ2n) is 8.12. The van der Waals surface area contributed by atoms with Gasteiger partial charge in [0, 0.05) is 22.3 Å². The minimum Gasteiger partial charge on any atom is -0.507 e. The van der Waals surface area contributed by atoms with Crippen LogP contribution in [-0.2, 0) is 9.59 Å². The quantitative estimate of drug-likeness (QED) is 0.277. The molecule has 1 aliphatic heterocycles. The molecule has 34 heavy (non-hydrogen) atoms. The second kappa shape index (κ2) is 9.61. The number of ketones is 1. The number of anilines is 1. The number of nitrogens with zero attached hydrogens (tertiary/aromatic N) is 1. The molecule has 3 aromatic carbocycles. The van der Waals surface area contributed by atoms with Crippen molar-refractivity contribution in [1.29, 1.82) is 0 Å². The van der Waals surface area contributed by atoms with Gasteiger partial charge in [0.15, 0.2) is 0 Å². The van der Waals surface area contributed by atoms with Crippen LogP contribution in [0.2, 0.25) is 5.02 Å². The van der Waals surface area contributed by atoms with E-state index >= 15 is 0 Å². The Hall–Kier alpha value is -3.77. The smallest absolute Gasteiger partial charge is 0.300 e. The number of amides is 1. The fourth-order valence-electron chi connectivity index (χ4n) is 3.97. The van der Waals surface area contributed by atoms with Crippen LogP contribution in [0.25, 0.3) is 5.76 Å². The maximum atomic E-state index is 13.3. The van der Waals surface area contributed by atoms with E-state index in [2.05, 4.69) is 0 Å². The molecule has 0 aromatic heterocycles. The Morgan fingerprint density at radius 1 is 0.971 bits per heavy atom. The van der Waals surface area contributed by atoms with Gasteiger partial charge < -0.3 is 14.6 Å². The number of Topliss-reactive ketones (excluding diaryl/α,β-unsaturated/α-hetero) is 1. The Kier molecular flexibility index (Phi) is 6.61. The number of rotatable bonds is 6. The Morgan fingerprint density at radius 3 is 2.32 bits per heavy atom. The molecule has 0 radical (unpaired) electrons. The first-order valence-corrected chi connectivity index (χ1v) is 11.2. The first-order chi connectivity index (χ1) is 16.3. The van der Waals surface area contributed by atoms with Crippen molar-refractivity contribution < 1.29 is 24.2 Å². The predicted octanol–water partition coefficient (Wildman–Crippen LogP) is 5.76. The standard InChI is InChI=1S/C27H24ClNO5/c1-16(2)34-21-12-10-17(11-13-21)24-23(25(30)18-6-4-7-19(28)14-18)26(31)27(32)29(24)20-8-5-9-22(15-20)33-3/h4-16,24,30H,1-3H3/b25-23+. The topological polar surface area (TPSA) is 76.1 Å². The number of aliphatic hydroxyl groups excluding tert-OH is 1. The van der Waals surface area contributed by atoms with Crippen LogP contribution in [-0.4, -0.2) is 30.0 Å². The minimum absolute atomic E-state index is 0.00361. The number of carbonyl (C=O) groups excluding carboxylic acids is 2. The van der Waals surface area contributed by atoms with E-state index in [1.807, 2.05) is 13.8 Å². The summed E-state index contributed by atoms with van der Waals surface area (Å²) in [6, 6.07) is 19.7. The lowest BCUT2D eigenvalue weighted by molar-refractivity contribution is -0.132. The first-order valence-electron chi connectivity index (χ1n) is 10.8. The molecular formula is C27H24ClNO5. The molecule has 174 valence electrons. The molecule has 4 rings (SSSR count). The molecule has 1 aliphatic rings. The van der Waals surface area contributed by atoms with Crippen LogP contribution in [0.5, 0.6) is 11.5 Å². The zero-order chi connectivity index (χ0) is 24.4. The highest BCUT2D eigenvalue weighted by Gasteiger charge is 2.47. The van der Waals surface area contributed by atoms with Crippen LogP contribution in [0.15, 0.2) is 78.4 Å². The van der Waals surface area contributed by atoms with Crippen molar-refractivity contribution in [3.05, 3.63) is 94.5 Å². The fraction of sp³-hybridized carbons (Fsp3) is 0.185. The number of halogens is 1. The average molecular weight is 478 g/mol. The zero-order valence-corrected chi connectivity index (χ0v) is 19.7. The zero-order valence-electron chi connectivity index (χ0n) is 19.0. The van der Waals surface area contributed by atoms with E-state index in [0.29, 0.717) is 33.3 Å². The summed E-state index contributed by atoms with van der Waals surface area (Å²) in [5.74, 6) is -0.628. The fourth-order valence-corrected chi connectivity index (χ4v) is 4.16. The van der Waals surface area contributed by atoms with Gasteiger partial charge in [0.05, 0.1) is 24.8 Å². The van der Waals surface area contributed by atoms with Crippen LogP contribution < -0.4 is 14.4 Å². The molecule has 1 unspecified atom stereocenters. The second-order valence-corrected chi connectivity index (χ2v) is 8.55. The summed E-state index contributed by atoms with van der Waals surface area (Å²) in [6.07, 6.45) is -0.00361. The molecule has 0 aliphatic carbocycles. The summed E-state index contributed by atoms with van der Waals surface area (Å²) in [6.45, 7) is 3.85. The van der Waals surface area contributed by atoms with Crippen molar-refractivity contribution in [3.63, 3.8) is 0 Å². The SMILES string of the molecule is COc1cccc(N2C(=O)C(=O)/C(=C(/O)c3cccc(Cl)c3)C2c2ccc(OC(C)C)cc2)c1. The third-order valence-electron chi connectivity index (χ3n) is 5.44. The maximum Gasteiger partial charge on any atom is 0.300 e. The van der Waals surface area contributed by atoms with Crippen molar-refractivity contribution in [1.82, 2.24) is 0 Å². The van der Waals surface area contributed by atoms with E-state index < -0.39 is 17.7 Å². The molecule has 6 nitrogen and oxygen atoms in total. The Morgan fingerprint density at radius 2 is 1.68 bits per heavy atom. The van der Waals surface area contributed by atoms with Gasteiger partial charge in [0.25, 0.3) is 11.7 Å². The van der Waals surface area contributed by atoms with E-state index in [9.17, 15) is 14.7 Å². The summed E-state index contributed by atoms with van der Waals surface area (Å²) in [5, 5.41) is 11.6. The molecule has 1 saturated heterocycles. The van der Waals surface area contributed by atoms with Gasteiger partial charge in [-0.05, 0) is 55.8 Å². The van der Waals surface area contributed by atoms with Crippen LogP contribution in [0.3, 0.4) is 0 Å². The number of ether oxygens (including phenoxy) is 2. The molecule has 1 amide bonds. The average Bonchev–Trinajstić information content (AvgIpc) is 3.09. The summed E-state index contributed by atoms with van der Waals surface area (Å²) >= 11 is 6.11. The van der Waals surface area contributed by atoms with Crippen molar-refractivity contribution in [2.75, 3.05) is 12.0 Å². The van der Waals surface area contributed by atoms with Crippen molar-refractivity contribution in [2.45, 2.75) is 26.0 Å². The van der Waals surface area contributed by atoms with Crippen LogP contribution in [0.4, 0.5) is 5.69 Å². The van der Waals surface area contributed by atoms with E-state index in [-0.39, 0.29) is 17.4 Å². The van der Waals surface area contributed by atoms with Crippen LogP contribution in [0.1, 0.15) is 31.0 Å². The number of benzene rings is 3. The summed E-state index contributed by atoms with van der Waals surface area (Å²) in [7, 11) is 1.53. The van der Waals surface area contributed by atoms with Gasteiger partial charge in [-0.3, -0.25) is 14.5 Å². The lowest BCUT2D eigenvalue weighted by atomic mass is 9.95. The predicted molar refractivity (Wildman–Crippen MR) is 131 cm³/mol. The van der Waals surface area contributed by atoms with Gasteiger partial charge in [-0.1, -0.05) is 41.9 Å². The van der Waals surface area contributed by atoms with Crippen molar-refractivity contribution >= 4 is 34.7 Å². The highest BCUT2D eigenvalue weighted by atomic mass is 35.5. The van der Waals surface area contributed by atoms with Gasteiger partial charge in [-0.15, -0.1) is 0 Å². The van der Waals surface area contributed by atoms with Gasteiger partial charge in [0.2, 0.25) is 0 Å². The normalized spacial score (nSPS) is 17.3. The van der Waals surface area contributed by atoms with E-state index in [0.717, 1.165) is 0 Å². The van der Waals surface area contributed by atoms with Gasteiger partial charge in [-0.25, -0.2) is 0 Å². The molecular weight excluding hydrogens is 454 g/mol. The molecule has 0 spiro atoms.